The Hall–Kier alpha value is -3.54. The number of aromatic nitrogens is 4. The van der Waals surface area contributed by atoms with Crippen LogP contribution in [0.3, 0.4) is 0 Å². The molecule has 202 valence electrons. The summed E-state index contributed by atoms with van der Waals surface area (Å²) >= 11 is 0. The van der Waals surface area contributed by atoms with Crippen LogP contribution in [-0.2, 0) is 26.0 Å². The summed E-state index contributed by atoms with van der Waals surface area (Å²) in [6, 6.07) is -2.12. The van der Waals surface area contributed by atoms with Crippen molar-refractivity contribution < 1.29 is 36.3 Å². The van der Waals surface area contributed by atoms with E-state index in [2.05, 4.69) is 35.6 Å². The lowest BCUT2D eigenvalue weighted by Gasteiger charge is -2.32. The third-order valence-electron chi connectivity index (χ3n) is 5.92. The molecule has 4 heterocycles. The summed E-state index contributed by atoms with van der Waals surface area (Å²) in [6.45, 7) is 2.32. The van der Waals surface area contributed by atoms with Crippen LogP contribution in [0.15, 0.2) is 11.3 Å². The van der Waals surface area contributed by atoms with Gasteiger partial charge in [-0.2, -0.15) is 17.9 Å². The molecule has 1 saturated heterocycles. The highest BCUT2D eigenvalue weighted by molar-refractivity contribution is 7.90. The molecule has 2 aromatic rings. The van der Waals surface area contributed by atoms with Crippen molar-refractivity contribution in [2.24, 2.45) is 10.9 Å². The Morgan fingerprint density at radius 2 is 1.97 bits per heavy atom. The van der Waals surface area contributed by atoms with Crippen LogP contribution in [0.5, 0.6) is 0 Å². The highest BCUT2D eigenvalue weighted by atomic mass is 32.2. The number of fused-ring (bicyclic) bond motifs is 1. The number of amides is 1. The number of H-pyrrole nitrogens is 1. The highest BCUT2D eigenvalue weighted by Crippen LogP contribution is 2.27. The van der Waals surface area contributed by atoms with Crippen LogP contribution in [0.25, 0.3) is 11.2 Å². The Kier molecular flexibility index (Phi) is 7.49. The van der Waals surface area contributed by atoms with Gasteiger partial charge in [0, 0.05) is 38.5 Å². The van der Waals surface area contributed by atoms with Gasteiger partial charge >= 0.3 is 21.5 Å². The number of nitrogens with one attached hydrogen (secondary N) is 4. The molecule has 37 heavy (non-hydrogen) atoms. The van der Waals surface area contributed by atoms with E-state index in [1.807, 2.05) is 4.90 Å². The zero-order valence-electron chi connectivity index (χ0n) is 19.2. The van der Waals surface area contributed by atoms with Crippen molar-refractivity contribution in [3.05, 3.63) is 12.2 Å². The number of aliphatic carboxylic acids is 1. The van der Waals surface area contributed by atoms with E-state index in [-0.39, 0.29) is 23.3 Å². The number of halogens is 3. The predicted octanol–water partition coefficient (Wildman–Crippen LogP) is -0.530. The largest absolute Gasteiger partial charge is 0.511 e. The number of carbonyl (C=O) groups excluding carboxylic acids is 1. The van der Waals surface area contributed by atoms with Crippen LogP contribution >= 0.6 is 0 Å². The lowest BCUT2D eigenvalue weighted by molar-refractivity contribution is -0.139. The number of rotatable bonds is 7. The molecule has 0 radical (unpaired) electrons. The molecule has 1 amide bonds. The van der Waals surface area contributed by atoms with Gasteiger partial charge in [-0.25, -0.2) is 23.4 Å². The number of carboxylic acid groups (broad SMARTS) is 1. The number of hydrogen-bond donors (Lipinski definition) is 5. The molecule has 0 bridgehead atoms. The molecular weight excluding hydrogens is 523 g/mol. The number of carboxylic acids is 1. The van der Waals surface area contributed by atoms with Gasteiger partial charge in [-0.05, 0) is 19.3 Å². The minimum absolute atomic E-state index is 0.0935. The second kappa shape index (κ2) is 10.4. The van der Waals surface area contributed by atoms with Gasteiger partial charge < -0.3 is 20.3 Å². The van der Waals surface area contributed by atoms with Crippen LogP contribution in [0.1, 0.15) is 25.1 Å². The minimum Gasteiger partial charge on any atom is -0.480 e. The van der Waals surface area contributed by atoms with Crippen LogP contribution in [0, 0.1) is 5.92 Å². The number of hydrogen-bond acceptors (Lipinski definition) is 10. The first-order valence-electron chi connectivity index (χ1n) is 11.3. The van der Waals surface area contributed by atoms with Gasteiger partial charge in [-0.1, -0.05) is 0 Å². The smallest absolute Gasteiger partial charge is 0.480 e. The Labute approximate surface area is 208 Å². The summed E-state index contributed by atoms with van der Waals surface area (Å²) in [5, 5.41) is 15.1. The quantitative estimate of drug-likeness (QED) is 0.301. The van der Waals surface area contributed by atoms with Crippen molar-refractivity contribution in [1.82, 2.24) is 35.3 Å². The van der Waals surface area contributed by atoms with Gasteiger partial charge in [-0.15, -0.1) is 0 Å². The van der Waals surface area contributed by atoms with E-state index >= 15 is 0 Å². The van der Waals surface area contributed by atoms with E-state index in [9.17, 15) is 36.3 Å². The van der Waals surface area contributed by atoms with Gasteiger partial charge in [0.1, 0.15) is 23.7 Å². The first-order chi connectivity index (χ1) is 17.4. The molecule has 0 aromatic carbocycles. The highest BCUT2D eigenvalue weighted by Gasteiger charge is 2.48. The maximum atomic E-state index is 12.7. The maximum Gasteiger partial charge on any atom is 0.511 e. The summed E-state index contributed by atoms with van der Waals surface area (Å²) < 4.78 is 62.0. The second-order valence-corrected chi connectivity index (χ2v) is 10.2. The molecule has 2 aliphatic rings. The van der Waals surface area contributed by atoms with Gasteiger partial charge in [0.25, 0.3) is 0 Å². The molecule has 5 N–H and O–H groups in total. The van der Waals surface area contributed by atoms with E-state index in [1.165, 1.54) is 6.33 Å². The number of aromatic amines is 1. The molecule has 2 aliphatic heterocycles. The Morgan fingerprint density at radius 3 is 2.59 bits per heavy atom. The summed E-state index contributed by atoms with van der Waals surface area (Å²) in [5.41, 5.74) is -5.23. The normalized spacial score (nSPS) is 18.2. The molecule has 0 unspecified atom stereocenters. The van der Waals surface area contributed by atoms with Crippen molar-refractivity contribution in [3.63, 3.8) is 0 Å². The molecule has 2 aromatic heterocycles. The fourth-order valence-corrected chi connectivity index (χ4v) is 4.71. The molecule has 0 spiro atoms. The maximum absolute atomic E-state index is 12.7. The van der Waals surface area contributed by atoms with E-state index in [0.717, 1.165) is 17.7 Å². The third-order valence-corrected chi connectivity index (χ3v) is 7.12. The van der Waals surface area contributed by atoms with E-state index < -0.39 is 34.0 Å². The number of alkyl halides is 3. The third kappa shape index (κ3) is 6.07. The standard InChI is InChI=1S/C19H24F3N9O5S/c20-19(21,22)37(35,36)30-11(17(33)34)8-12-27-13-14(28-12)25-9-26-15(13)31-6-2-10(3-7-31)16(32)29-18-23-4-1-5-24-18/h9-11,30H,1-8H2,(H,33,34)(H2,23,24,29,32)(H,25,26,27,28)/t11-/m0/s1. The summed E-state index contributed by atoms with van der Waals surface area (Å²) in [6.07, 6.45) is 2.48. The first-order valence-corrected chi connectivity index (χ1v) is 12.8. The second-order valence-electron chi connectivity index (χ2n) is 8.50. The fourth-order valence-electron chi connectivity index (χ4n) is 4.02. The zero-order valence-corrected chi connectivity index (χ0v) is 20.1. The summed E-state index contributed by atoms with van der Waals surface area (Å²) in [7, 11) is -5.89. The number of anilines is 1. The summed E-state index contributed by atoms with van der Waals surface area (Å²) in [5.74, 6) is -1.39. The van der Waals surface area contributed by atoms with Crippen molar-refractivity contribution in [2.75, 3.05) is 31.1 Å². The van der Waals surface area contributed by atoms with Gasteiger partial charge in [0.05, 0.1) is 0 Å². The minimum atomic E-state index is -5.89. The van der Waals surface area contributed by atoms with Gasteiger partial charge in [0.2, 0.25) is 5.91 Å². The predicted molar refractivity (Wildman–Crippen MR) is 123 cm³/mol. The monoisotopic (exact) mass is 547 g/mol. The van der Waals surface area contributed by atoms with E-state index in [0.29, 0.717) is 49.8 Å². The molecule has 0 aliphatic carbocycles. The Bertz CT molecular complexity index is 1310. The fraction of sp³-hybridized carbons (Fsp3) is 0.579. The number of carbonyl (C=O) groups is 2. The van der Waals surface area contributed by atoms with Crippen molar-refractivity contribution in [3.8, 4) is 0 Å². The number of sulfonamides is 1. The number of guanidine groups is 1. The van der Waals surface area contributed by atoms with Crippen LogP contribution < -0.4 is 20.3 Å². The average molecular weight is 548 g/mol. The van der Waals surface area contributed by atoms with Crippen molar-refractivity contribution in [2.45, 2.75) is 37.2 Å². The molecule has 0 saturated carbocycles. The molecule has 14 nitrogen and oxygen atoms in total. The number of aliphatic imine (C=N–C) groups is 1. The molecule has 1 atom stereocenters. The number of nitrogens with zero attached hydrogens (tertiary/aromatic N) is 5. The van der Waals surface area contributed by atoms with Crippen molar-refractivity contribution in [1.29, 1.82) is 0 Å². The Morgan fingerprint density at radius 1 is 1.24 bits per heavy atom. The molecule has 18 heteroatoms. The molecule has 4 rings (SSSR count). The van der Waals surface area contributed by atoms with Gasteiger partial charge in [-0.3, -0.25) is 19.9 Å². The van der Waals surface area contributed by atoms with Crippen LogP contribution in [0.4, 0.5) is 19.0 Å². The van der Waals surface area contributed by atoms with Crippen molar-refractivity contribution >= 4 is 44.8 Å². The first kappa shape index (κ1) is 26.5. The zero-order chi connectivity index (χ0) is 26.8. The lowest BCUT2D eigenvalue weighted by Crippen LogP contribution is -2.48. The topological polar surface area (TPSA) is 195 Å². The molecule has 1 fully saturated rings. The SMILES string of the molecule is O=C(NC1=NCCCN1)C1CCN(c2ncnc3nc(C[C@H](NS(=O)(=O)C(F)(F)F)C(=O)O)[nH]c23)CC1. The average Bonchev–Trinajstić information content (AvgIpc) is 3.26. The van der Waals surface area contributed by atoms with E-state index in [1.54, 1.807) is 0 Å². The number of piperidine rings is 1. The summed E-state index contributed by atoms with van der Waals surface area (Å²) in [4.78, 5) is 45.3. The lowest BCUT2D eigenvalue weighted by atomic mass is 9.96. The number of imidazole rings is 1. The Balaban J connectivity index is 1.45. The van der Waals surface area contributed by atoms with E-state index in [4.69, 9.17) is 0 Å². The van der Waals surface area contributed by atoms with Crippen LogP contribution in [-0.4, -0.2) is 89.0 Å². The molecular formula is C19H24F3N9O5S. The van der Waals surface area contributed by atoms with Gasteiger partial charge in [0.15, 0.2) is 17.4 Å². The van der Waals surface area contributed by atoms with Crippen LogP contribution in [0.2, 0.25) is 0 Å².